The predicted octanol–water partition coefficient (Wildman–Crippen LogP) is 3.23. The van der Waals surface area contributed by atoms with Gasteiger partial charge in [-0.15, -0.1) is 0 Å². The average molecular weight is 478 g/mol. The molecule has 0 aliphatic carbocycles. The molecule has 0 fully saturated rings. The molecule has 9 heteroatoms. The van der Waals surface area contributed by atoms with Crippen molar-refractivity contribution in [1.29, 1.82) is 0 Å². The highest BCUT2D eigenvalue weighted by molar-refractivity contribution is 7.92. The molecular weight excluding hydrogens is 445 g/mol. The minimum absolute atomic E-state index is 0.0171. The SMILES string of the molecule is Cc1ccccc1N(CC(=O)N(Cc1ccc(F)cc1)C(C)C(=O)NC(C)(C)C)S(C)(=O)=O. The standard InChI is InChI=1S/C24H32FN3O4S/c1-17-9-7-8-10-21(17)28(33(6,31)32)16-22(29)27(15-19-11-13-20(25)14-12-19)18(2)23(30)26-24(3,4)5/h7-14,18H,15-16H2,1-6H3,(H,26,30). The third-order valence-corrected chi connectivity index (χ3v) is 6.12. The van der Waals surface area contributed by atoms with Crippen LogP contribution < -0.4 is 9.62 Å². The first-order valence-corrected chi connectivity index (χ1v) is 12.4. The highest BCUT2D eigenvalue weighted by Gasteiger charge is 2.31. The lowest BCUT2D eigenvalue weighted by molar-refractivity contribution is -0.140. The van der Waals surface area contributed by atoms with Crippen molar-refractivity contribution >= 4 is 27.5 Å². The van der Waals surface area contributed by atoms with Gasteiger partial charge < -0.3 is 10.2 Å². The Balaban J connectivity index is 2.41. The molecule has 1 unspecified atom stereocenters. The van der Waals surface area contributed by atoms with Crippen LogP contribution in [-0.4, -0.2) is 49.5 Å². The van der Waals surface area contributed by atoms with Gasteiger partial charge in [-0.05, 0) is 63.9 Å². The number of anilines is 1. The maximum atomic E-state index is 13.4. The van der Waals surface area contributed by atoms with Gasteiger partial charge in [0.25, 0.3) is 0 Å². The van der Waals surface area contributed by atoms with Crippen molar-refractivity contribution in [2.45, 2.75) is 52.7 Å². The number of sulfonamides is 1. The number of para-hydroxylation sites is 1. The van der Waals surface area contributed by atoms with Gasteiger partial charge >= 0.3 is 0 Å². The fraction of sp³-hybridized carbons (Fsp3) is 0.417. The molecule has 0 bridgehead atoms. The first kappa shape index (κ1) is 26.3. The van der Waals surface area contributed by atoms with Gasteiger partial charge in [-0.1, -0.05) is 30.3 Å². The van der Waals surface area contributed by atoms with Gasteiger partial charge in [0.05, 0.1) is 11.9 Å². The summed E-state index contributed by atoms with van der Waals surface area (Å²) in [5.74, 6) is -1.35. The maximum Gasteiger partial charge on any atom is 0.244 e. The monoisotopic (exact) mass is 477 g/mol. The quantitative estimate of drug-likeness (QED) is 0.633. The van der Waals surface area contributed by atoms with Crippen molar-refractivity contribution in [3.8, 4) is 0 Å². The zero-order chi connectivity index (χ0) is 25.0. The van der Waals surface area contributed by atoms with Crippen LogP contribution in [-0.2, 0) is 26.2 Å². The summed E-state index contributed by atoms with van der Waals surface area (Å²) in [7, 11) is -3.79. The van der Waals surface area contributed by atoms with Gasteiger partial charge in [-0.25, -0.2) is 12.8 Å². The Bertz CT molecular complexity index is 1100. The van der Waals surface area contributed by atoms with Gasteiger partial charge in [-0.3, -0.25) is 13.9 Å². The third kappa shape index (κ3) is 7.56. The molecule has 0 heterocycles. The Hall–Kier alpha value is -2.94. The van der Waals surface area contributed by atoms with E-state index in [1.54, 1.807) is 38.1 Å². The molecule has 2 rings (SSSR count). The second-order valence-electron chi connectivity index (χ2n) is 9.12. The second kappa shape index (κ2) is 10.3. The lowest BCUT2D eigenvalue weighted by Gasteiger charge is -2.33. The molecule has 1 atom stereocenters. The van der Waals surface area contributed by atoms with Crippen molar-refractivity contribution in [2.24, 2.45) is 0 Å². The van der Waals surface area contributed by atoms with Crippen LogP contribution in [0.2, 0.25) is 0 Å². The van der Waals surface area contributed by atoms with Crippen molar-refractivity contribution in [2.75, 3.05) is 17.1 Å². The number of amides is 2. The van der Waals surface area contributed by atoms with Crippen LogP contribution in [0.5, 0.6) is 0 Å². The van der Waals surface area contributed by atoms with E-state index in [0.29, 0.717) is 16.8 Å². The van der Waals surface area contributed by atoms with Crippen LogP contribution in [0.25, 0.3) is 0 Å². The Labute approximate surface area is 195 Å². The zero-order valence-electron chi connectivity index (χ0n) is 19.9. The number of hydrogen-bond donors (Lipinski definition) is 1. The van der Waals surface area contributed by atoms with Gasteiger partial charge in [0, 0.05) is 12.1 Å². The highest BCUT2D eigenvalue weighted by Crippen LogP contribution is 2.23. The summed E-state index contributed by atoms with van der Waals surface area (Å²) in [5.41, 5.74) is 1.18. The van der Waals surface area contributed by atoms with Crippen LogP contribution in [0.4, 0.5) is 10.1 Å². The number of aryl methyl sites for hydroxylation is 1. The minimum Gasteiger partial charge on any atom is -0.350 e. The minimum atomic E-state index is -3.79. The van der Waals surface area contributed by atoms with Gasteiger partial charge in [0.15, 0.2) is 0 Å². The number of nitrogens with one attached hydrogen (secondary N) is 1. The fourth-order valence-electron chi connectivity index (χ4n) is 3.28. The zero-order valence-corrected chi connectivity index (χ0v) is 20.7. The molecule has 0 saturated heterocycles. The van der Waals surface area contributed by atoms with E-state index in [4.69, 9.17) is 0 Å². The molecule has 2 aromatic rings. The molecule has 7 nitrogen and oxygen atoms in total. The average Bonchev–Trinajstić information content (AvgIpc) is 2.69. The molecule has 2 aromatic carbocycles. The van der Waals surface area contributed by atoms with Crippen LogP contribution >= 0.6 is 0 Å². The largest absolute Gasteiger partial charge is 0.350 e. The summed E-state index contributed by atoms with van der Waals surface area (Å²) in [4.78, 5) is 27.6. The van der Waals surface area contributed by atoms with Gasteiger partial charge in [0.2, 0.25) is 21.8 Å². The summed E-state index contributed by atoms with van der Waals surface area (Å²) in [6.07, 6.45) is 1.03. The van der Waals surface area contributed by atoms with E-state index in [-0.39, 0.29) is 12.5 Å². The Kier molecular flexibility index (Phi) is 8.24. The summed E-state index contributed by atoms with van der Waals surface area (Å²) in [6.45, 7) is 8.37. The van der Waals surface area contributed by atoms with Crippen LogP contribution in [0.3, 0.4) is 0 Å². The molecule has 0 aromatic heterocycles. The number of halogens is 1. The van der Waals surface area contributed by atoms with Crippen molar-refractivity contribution in [3.63, 3.8) is 0 Å². The second-order valence-corrected chi connectivity index (χ2v) is 11.0. The van der Waals surface area contributed by atoms with Crippen LogP contribution in [0, 0.1) is 12.7 Å². The number of rotatable bonds is 8. The molecule has 33 heavy (non-hydrogen) atoms. The number of benzene rings is 2. The van der Waals surface area contributed by atoms with Crippen molar-refractivity contribution in [1.82, 2.24) is 10.2 Å². The van der Waals surface area contributed by atoms with Crippen LogP contribution in [0.15, 0.2) is 48.5 Å². The molecule has 0 aliphatic heterocycles. The highest BCUT2D eigenvalue weighted by atomic mass is 32.2. The van der Waals surface area contributed by atoms with E-state index in [2.05, 4.69) is 5.32 Å². The number of carbonyl (C=O) groups is 2. The normalized spacial score (nSPS) is 12.7. The van der Waals surface area contributed by atoms with Crippen molar-refractivity contribution < 1.29 is 22.4 Å². The third-order valence-electron chi connectivity index (χ3n) is 5.00. The first-order chi connectivity index (χ1) is 15.2. The Morgan fingerprint density at radius 1 is 1.06 bits per heavy atom. The molecular formula is C24H32FN3O4S. The molecule has 0 saturated carbocycles. The molecule has 0 aliphatic rings. The maximum absolute atomic E-state index is 13.4. The van der Waals surface area contributed by atoms with Gasteiger partial charge in [0.1, 0.15) is 18.4 Å². The first-order valence-electron chi connectivity index (χ1n) is 10.6. The van der Waals surface area contributed by atoms with E-state index >= 15 is 0 Å². The summed E-state index contributed by atoms with van der Waals surface area (Å²) in [5, 5.41) is 2.85. The lowest BCUT2D eigenvalue weighted by atomic mass is 10.1. The predicted molar refractivity (Wildman–Crippen MR) is 128 cm³/mol. The van der Waals surface area contributed by atoms with E-state index in [1.165, 1.54) is 29.2 Å². The molecule has 1 N–H and O–H groups in total. The molecule has 0 radical (unpaired) electrons. The van der Waals surface area contributed by atoms with Gasteiger partial charge in [-0.2, -0.15) is 0 Å². The smallest absolute Gasteiger partial charge is 0.244 e. The molecule has 180 valence electrons. The molecule has 0 spiro atoms. The number of hydrogen-bond acceptors (Lipinski definition) is 4. The van der Waals surface area contributed by atoms with E-state index in [0.717, 1.165) is 10.6 Å². The summed E-state index contributed by atoms with van der Waals surface area (Å²) < 4.78 is 39.5. The topological polar surface area (TPSA) is 86.8 Å². The van der Waals surface area contributed by atoms with Crippen LogP contribution in [0.1, 0.15) is 38.8 Å². The fourth-order valence-corrected chi connectivity index (χ4v) is 4.19. The summed E-state index contributed by atoms with van der Waals surface area (Å²) in [6, 6.07) is 11.6. The van der Waals surface area contributed by atoms with Crippen molar-refractivity contribution in [3.05, 3.63) is 65.5 Å². The lowest BCUT2D eigenvalue weighted by Crippen LogP contribution is -2.54. The van der Waals surface area contributed by atoms with E-state index < -0.39 is 39.9 Å². The molecule has 2 amide bonds. The Morgan fingerprint density at radius 3 is 2.15 bits per heavy atom. The number of carbonyl (C=O) groups excluding carboxylic acids is 2. The van der Waals surface area contributed by atoms with E-state index in [1.807, 2.05) is 20.8 Å². The number of nitrogens with zero attached hydrogens (tertiary/aromatic N) is 2. The Morgan fingerprint density at radius 2 is 1.64 bits per heavy atom. The summed E-state index contributed by atoms with van der Waals surface area (Å²) >= 11 is 0. The van der Waals surface area contributed by atoms with E-state index in [9.17, 15) is 22.4 Å².